The van der Waals surface area contributed by atoms with Crippen molar-refractivity contribution in [3.8, 4) is 0 Å². The second-order valence-electron chi connectivity index (χ2n) is 8.07. The molecule has 0 radical (unpaired) electrons. The van der Waals surface area contributed by atoms with Gasteiger partial charge in [-0.05, 0) is 57.4 Å². The molecule has 0 bridgehead atoms. The average Bonchev–Trinajstić information content (AvgIpc) is 3.27. The number of amides is 2. The van der Waals surface area contributed by atoms with Crippen LogP contribution in [0.25, 0.3) is 0 Å². The van der Waals surface area contributed by atoms with Gasteiger partial charge in [0, 0.05) is 38.0 Å². The number of hydrogen-bond acceptors (Lipinski definition) is 3. The third-order valence-electron chi connectivity index (χ3n) is 6.32. The Kier molecular flexibility index (Phi) is 8.01. The molecule has 3 fully saturated rings. The van der Waals surface area contributed by atoms with Gasteiger partial charge in [-0.1, -0.05) is 12.8 Å². The summed E-state index contributed by atoms with van der Waals surface area (Å²) in [5.41, 5.74) is 0. The van der Waals surface area contributed by atoms with E-state index in [2.05, 4.69) is 10.6 Å². The summed E-state index contributed by atoms with van der Waals surface area (Å²) < 4.78 is 0. The lowest BCUT2D eigenvalue weighted by atomic mass is 9.84. The summed E-state index contributed by atoms with van der Waals surface area (Å²) in [4.78, 5) is 26.8. The smallest absolute Gasteiger partial charge is 0.225 e. The molecule has 1 saturated heterocycles. The molecule has 5 nitrogen and oxygen atoms in total. The summed E-state index contributed by atoms with van der Waals surface area (Å²) in [6, 6.07) is 0.641. The van der Waals surface area contributed by atoms with E-state index in [4.69, 9.17) is 0 Å². The largest absolute Gasteiger partial charge is 0.353 e. The summed E-state index contributed by atoms with van der Waals surface area (Å²) in [6.45, 7) is 1.94. The highest BCUT2D eigenvalue weighted by atomic mass is 35.5. The minimum Gasteiger partial charge on any atom is -0.353 e. The first-order valence-electron chi connectivity index (χ1n) is 9.90. The predicted molar refractivity (Wildman–Crippen MR) is 102 cm³/mol. The van der Waals surface area contributed by atoms with E-state index in [-0.39, 0.29) is 30.3 Å². The molecule has 3 aliphatic rings. The highest BCUT2D eigenvalue weighted by Crippen LogP contribution is 2.29. The topological polar surface area (TPSA) is 61.4 Å². The minimum absolute atomic E-state index is 0. The van der Waals surface area contributed by atoms with Gasteiger partial charge < -0.3 is 15.5 Å². The van der Waals surface area contributed by atoms with E-state index in [1.807, 2.05) is 11.9 Å². The standard InChI is InChI=1S/C19H33N3O2.ClH/c1-22(17-10-11-20-13-17)19(24)15-6-8-16(9-7-15)21-18(23)12-14-4-2-3-5-14;/h14-17,20H,2-13H2,1H3,(H,21,23);1H. The Morgan fingerprint density at radius 3 is 2.32 bits per heavy atom. The van der Waals surface area contributed by atoms with Crippen LogP contribution in [0.3, 0.4) is 0 Å². The van der Waals surface area contributed by atoms with Crippen LogP contribution in [0.5, 0.6) is 0 Å². The van der Waals surface area contributed by atoms with Crippen LogP contribution in [-0.4, -0.2) is 48.9 Å². The molecule has 1 heterocycles. The quantitative estimate of drug-likeness (QED) is 0.780. The number of likely N-dealkylation sites (N-methyl/N-ethyl adjacent to an activating group) is 1. The summed E-state index contributed by atoms with van der Waals surface area (Å²) in [6.07, 6.45) is 10.5. The Morgan fingerprint density at radius 2 is 1.72 bits per heavy atom. The van der Waals surface area contributed by atoms with Gasteiger partial charge in [0.15, 0.2) is 0 Å². The number of nitrogens with zero attached hydrogens (tertiary/aromatic N) is 1. The molecule has 2 amide bonds. The Balaban J connectivity index is 0.00000225. The zero-order valence-electron chi connectivity index (χ0n) is 15.5. The fourth-order valence-corrected chi connectivity index (χ4v) is 4.69. The number of carbonyl (C=O) groups excluding carboxylic acids is 2. The van der Waals surface area contributed by atoms with Crippen LogP contribution in [0.2, 0.25) is 0 Å². The number of rotatable bonds is 5. The minimum atomic E-state index is 0. The van der Waals surface area contributed by atoms with Crippen LogP contribution in [0.1, 0.15) is 64.2 Å². The van der Waals surface area contributed by atoms with Gasteiger partial charge in [0.25, 0.3) is 0 Å². The molecule has 1 aliphatic heterocycles. The average molecular weight is 372 g/mol. The molecule has 6 heteroatoms. The van der Waals surface area contributed by atoms with Crippen LogP contribution in [0, 0.1) is 11.8 Å². The molecule has 2 N–H and O–H groups in total. The molecular formula is C19H34ClN3O2. The van der Waals surface area contributed by atoms with Crippen molar-refractivity contribution in [2.24, 2.45) is 11.8 Å². The van der Waals surface area contributed by atoms with Crippen molar-refractivity contribution in [2.75, 3.05) is 20.1 Å². The Morgan fingerprint density at radius 1 is 1.04 bits per heavy atom. The first-order chi connectivity index (χ1) is 11.6. The highest BCUT2D eigenvalue weighted by Gasteiger charge is 2.32. The van der Waals surface area contributed by atoms with Gasteiger partial charge in [0.1, 0.15) is 0 Å². The van der Waals surface area contributed by atoms with Crippen LogP contribution < -0.4 is 10.6 Å². The Bertz CT molecular complexity index is 440. The second kappa shape index (κ2) is 9.77. The fourth-order valence-electron chi connectivity index (χ4n) is 4.69. The van der Waals surface area contributed by atoms with Crippen molar-refractivity contribution < 1.29 is 9.59 Å². The molecule has 144 valence electrons. The molecule has 2 saturated carbocycles. The van der Waals surface area contributed by atoms with Crippen molar-refractivity contribution in [3.05, 3.63) is 0 Å². The third kappa shape index (κ3) is 5.58. The first kappa shape index (κ1) is 20.5. The van der Waals surface area contributed by atoms with E-state index >= 15 is 0 Å². The lowest BCUT2D eigenvalue weighted by Crippen LogP contribution is -2.45. The normalized spacial score (nSPS) is 29.9. The third-order valence-corrected chi connectivity index (χ3v) is 6.32. The zero-order valence-corrected chi connectivity index (χ0v) is 16.3. The van der Waals surface area contributed by atoms with Gasteiger partial charge in [0.2, 0.25) is 11.8 Å². The van der Waals surface area contributed by atoms with E-state index in [1.54, 1.807) is 0 Å². The summed E-state index contributed by atoms with van der Waals surface area (Å²) in [5.74, 6) is 1.29. The monoisotopic (exact) mass is 371 g/mol. The molecule has 0 aromatic carbocycles. The Hall–Kier alpha value is -0.810. The molecule has 0 aromatic heterocycles. The van der Waals surface area contributed by atoms with E-state index in [0.717, 1.165) is 45.2 Å². The van der Waals surface area contributed by atoms with Crippen molar-refractivity contribution in [1.82, 2.24) is 15.5 Å². The first-order valence-corrected chi connectivity index (χ1v) is 9.90. The van der Waals surface area contributed by atoms with Crippen LogP contribution in [-0.2, 0) is 9.59 Å². The maximum Gasteiger partial charge on any atom is 0.225 e. The van der Waals surface area contributed by atoms with Gasteiger partial charge in [-0.25, -0.2) is 0 Å². The van der Waals surface area contributed by atoms with Gasteiger partial charge in [-0.15, -0.1) is 12.4 Å². The number of halogens is 1. The fraction of sp³-hybridized carbons (Fsp3) is 0.895. The van der Waals surface area contributed by atoms with E-state index < -0.39 is 0 Å². The number of hydrogen-bond donors (Lipinski definition) is 2. The van der Waals surface area contributed by atoms with Crippen molar-refractivity contribution in [3.63, 3.8) is 0 Å². The number of nitrogens with one attached hydrogen (secondary N) is 2. The van der Waals surface area contributed by atoms with Gasteiger partial charge in [-0.2, -0.15) is 0 Å². The molecule has 0 spiro atoms. The number of carbonyl (C=O) groups is 2. The SMILES string of the molecule is CN(C(=O)C1CCC(NC(=O)CC2CCCC2)CC1)C1CCNC1.Cl. The van der Waals surface area contributed by atoms with E-state index in [1.165, 1.54) is 25.7 Å². The molecule has 25 heavy (non-hydrogen) atoms. The van der Waals surface area contributed by atoms with Crippen molar-refractivity contribution >= 4 is 24.2 Å². The van der Waals surface area contributed by atoms with E-state index in [9.17, 15) is 9.59 Å². The van der Waals surface area contributed by atoms with E-state index in [0.29, 0.717) is 24.3 Å². The maximum absolute atomic E-state index is 12.7. The Labute approximate surface area is 158 Å². The summed E-state index contributed by atoms with van der Waals surface area (Å²) in [5, 5.41) is 6.54. The van der Waals surface area contributed by atoms with Gasteiger partial charge in [0.05, 0.1) is 0 Å². The molecule has 2 aliphatic carbocycles. The molecular weight excluding hydrogens is 338 g/mol. The molecule has 1 atom stereocenters. The van der Waals surface area contributed by atoms with Crippen LogP contribution in [0.15, 0.2) is 0 Å². The molecule has 1 unspecified atom stereocenters. The van der Waals surface area contributed by atoms with Crippen molar-refractivity contribution in [1.29, 1.82) is 0 Å². The predicted octanol–water partition coefficient (Wildman–Crippen LogP) is 2.48. The van der Waals surface area contributed by atoms with Gasteiger partial charge in [-0.3, -0.25) is 9.59 Å². The molecule has 3 rings (SSSR count). The lowest BCUT2D eigenvalue weighted by molar-refractivity contribution is -0.137. The zero-order chi connectivity index (χ0) is 16.9. The van der Waals surface area contributed by atoms with Crippen LogP contribution >= 0.6 is 12.4 Å². The summed E-state index contributed by atoms with van der Waals surface area (Å²) in [7, 11) is 1.95. The highest BCUT2D eigenvalue weighted by molar-refractivity contribution is 5.85. The van der Waals surface area contributed by atoms with Crippen molar-refractivity contribution in [2.45, 2.75) is 76.3 Å². The van der Waals surface area contributed by atoms with Crippen LogP contribution in [0.4, 0.5) is 0 Å². The lowest BCUT2D eigenvalue weighted by Gasteiger charge is -2.33. The summed E-state index contributed by atoms with van der Waals surface area (Å²) >= 11 is 0. The maximum atomic E-state index is 12.7. The van der Waals surface area contributed by atoms with Gasteiger partial charge >= 0.3 is 0 Å². The second-order valence-corrected chi connectivity index (χ2v) is 8.07. The molecule has 0 aromatic rings.